The number of amides is 2. The topological polar surface area (TPSA) is 68.9 Å². The van der Waals surface area contributed by atoms with Crippen LogP contribution in [0, 0.1) is 0 Å². The zero-order valence-electron chi connectivity index (χ0n) is 13.8. The van der Waals surface area contributed by atoms with E-state index >= 15 is 0 Å². The number of allylic oxidation sites excluding steroid dienone is 1. The molecule has 2 amide bonds. The molecule has 1 N–H and O–H groups in total. The predicted molar refractivity (Wildman–Crippen MR) is 98.5 cm³/mol. The molecule has 0 atom stereocenters. The molecule has 6 nitrogen and oxygen atoms in total. The third-order valence-corrected chi connectivity index (χ3v) is 4.67. The third-order valence-electron chi connectivity index (χ3n) is 3.69. The van der Waals surface area contributed by atoms with Crippen molar-refractivity contribution in [3.05, 3.63) is 60.9 Å². The molecular weight excluding hydrogens is 336 g/mol. The number of fused-ring (bicyclic) bond motifs is 1. The molecule has 3 rings (SSSR count). The maximum atomic E-state index is 12.1. The second kappa shape index (κ2) is 7.40. The molecular formula is C18H18N4O2S. The van der Waals surface area contributed by atoms with Crippen molar-refractivity contribution in [1.29, 1.82) is 0 Å². The molecule has 0 aliphatic rings. The zero-order valence-corrected chi connectivity index (χ0v) is 14.6. The van der Waals surface area contributed by atoms with Crippen molar-refractivity contribution in [2.24, 2.45) is 7.05 Å². The number of aromatic nitrogens is 3. The number of rotatable bonds is 6. The van der Waals surface area contributed by atoms with Gasteiger partial charge in [-0.05, 0) is 24.3 Å². The van der Waals surface area contributed by atoms with Gasteiger partial charge in [-0.25, -0.2) is 4.98 Å². The molecule has 0 bridgehead atoms. The summed E-state index contributed by atoms with van der Waals surface area (Å²) in [5, 5.41) is 3.13. The Morgan fingerprint density at radius 1 is 1.28 bits per heavy atom. The van der Waals surface area contributed by atoms with Gasteiger partial charge in [-0.15, -0.1) is 6.58 Å². The molecule has 3 aromatic rings. The second-order valence-corrected chi connectivity index (χ2v) is 6.40. The van der Waals surface area contributed by atoms with E-state index in [1.54, 1.807) is 36.0 Å². The fourth-order valence-electron chi connectivity index (χ4n) is 2.52. The Morgan fingerprint density at radius 3 is 2.80 bits per heavy atom. The van der Waals surface area contributed by atoms with E-state index in [9.17, 15) is 9.59 Å². The Morgan fingerprint density at radius 2 is 2.08 bits per heavy atom. The molecule has 0 saturated heterocycles. The number of aryl methyl sites for hydroxylation is 1. The first kappa shape index (κ1) is 17.0. The highest BCUT2D eigenvalue weighted by Crippen LogP contribution is 2.24. The maximum absolute atomic E-state index is 12.1. The monoisotopic (exact) mass is 354 g/mol. The van der Waals surface area contributed by atoms with Gasteiger partial charge in [-0.3, -0.25) is 14.9 Å². The van der Waals surface area contributed by atoms with Crippen molar-refractivity contribution < 1.29 is 9.59 Å². The second-order valence-electron chi connectivity index (χ2n) is 5.45. The minimum absolute atomic E-state index is 0.108. The highest BCUT2D eigenvalue weighted by atomic mass is 32.2. The number of thioether (sulfide) groups is 1. The lowest BCUT2D eigenvalue weighted by atomic mass is 10.3. The summed E-state index contributed by atoms with van der Waals surface area (Å²) in [6.07, 6.45) is 3.54. The summed E-state index contributed by atoms with van der Waals surface area (Å²) in [5.74, 6) is -0.650. The van der Waals surface area contributed by atoms with Crippen LogP contribution in [0.25, 0.3) is 11.0 Å². The Bertz CT molecular complexity index is 942. The summed E-state index contributed by atoms with van der Waals surface area (Å²) in [6, 6.07) is 11.2. The fraction of sp³-hybridized carbons (Fsp3) is 0.167. The SMILES string of the molecule is C=CCn1c(SCC(=O)NC(=O)c2cccn2C)nc2ccccc21. The summed E-state index contributed by atoms with van der Waals surface area (Å²) in [4.78, 5) is 28.7. The van der Waals surface area contributed by atoms with E-state index in [0.29, 0.717) is 12.2 Å². The number of nitrogens with zero attached hydrogens (tertiary/aromatic N) is 3. The van der Waals surface area contributed by atoms with Gasteiger partial charge in [0.15, 0.2) is 5.16 Å². The van der Waals surface area contributed by atoms with Gasteiger partial charge in [0, 0.05) is 19.8 Å². The van der Waals surface area contributed by atoms with Crippen LogP contribution in [0.3, 0.4) is 0 Å². The van der Waals surface area contributed by atoms with Crippen LogP contribution in [0.1, 0.15) is 10.5 Å². The first-order valence-corrected chi connectivity index (χ1v) is 8.73. The number of benzene rings is 1. The molecule has 0 radical (unpaired) electrons. The Labute approximate surface area is 149 Å². The minimum Gasteiger partial charge on any atom is -0.347 e. The molecule has 0 aliphatic heterocycles. The van der Waals surface area contributed by atoms with Gasteiger partial charge in [0.05, 0.1) is 16.8 Å². The van der Waals surface area contributed by atoms with Crippen LogP contribution < -0.4 is 5.32 Å². The lowest BCUT2D eigenvalue weighted by Crippen LogP contribution is -2.33. The molecule has 2 aromatic heterocycles. The van der Waals surface area contributed by atoms with Crippen molar-refractivity contribution in [3.63, 3.8) is 0 Å². The minimum atomic E-state index is -0.405. The summed E-state index contributed by atoms with van der Waals surface area (Å²) in [6.45, 7) is 4.37. The molecule has 128 valence electrons. The zero-order chi connectivity index (χ0) is 17.8. The van der Waals surface area contributed by atoms with E-state index in [0.717, 1.165) is 16.2 Å². The van der Waals surface area contributed by atoms with E-state index in [1.807, 2.05) is 28.8 Å². The fourth-order valence-corrected chi connectivity index (χ4v) is 3.35. The first-order valence-electron chi connectivity index (χ1n) is 7.74. The molecule has 0 saturated carbocycles. The van der Waals surface area contributed by atoms with Gasteiger partial charge in [-0.1, -0.05) is 30.0 Å². The molecule has 0 unspecified atom stereocenters. The van der Waals surface area contributed by atoms with Crippen molar-refractivity contribution >= 4 is 34.6 Å². The number of hydrogen-bond acceptors (Lipinski definition) is 4. The van der Waals surface area contributed by atoms with Gasteiger partial charge in [0.1, 0.15) is 5.69 Å². The van der Waals surface area contributed by atoms with Gasteiger partial charge in [0.25, 0.3) is 5.91 Å². The molecule has 7 heteroatoms. The summed E-state index contributed by atoms with van der Waals surface area (Å²) in [7, 11) is 1.76. The summed E-state index contributed by atoms with van der Waals surface area (Å²) >= 11 is 1.30. The first-order chi connectivity index (χ1) is 12.1. The maximum Gasteiger partial charge on any atom is 0.274 e. The van der Waals surface area contributed by atoms with Gasteiger partial charge in [0.2, 0.25) is 5.91 Å². The van der Waals surface area contributed by atoms with Crippen LogP contribution in [0.5, 0.6) is 0 Å². The van der Waals surface area contributed by atoms with Crippen LogP contribution >= 0.6 is 11.8 Å². The number of imide groups is 1. The van der Waals surface area contributed by atoms with Gasteiger partial charge in [-0.2, -0.15) is 0 Å². The Kier molecular flexibility index (Phi) is 5.04. The van der Waals surface area contributed by atoms with Gasteiger partial charge >= 0.3 is 0 Å². The predicted octanol–water partition coefficient (Wildman–Crippen LogP) is 2.61. The van der Waals surface area contributed by atoms with Crippen LogP contribution in [0.2, 0.25) is 0 Å². The van der Waals surface area contributed by atoms with Crippen molar-refractivity contribution in [1.82, 2.24) is 19.4 Å². The molecule has 0 fully saturated rings. The lowest BCUT2D eigenvalue weighted by Gasteiger charge is -2.07. The number of hydrogen-bond donors (Lipinski definition) is 1. The van der Waals surface area contributed by atoms with Gasteiger partial charge < -0.3 is 9.13 Å². The van der Waals surface area contributed by atoms with E-state index in [1.165, 1.54) is 11.8 Å². The van der Waals surface area contributed by atoms with Crippen LogP contribution in [0.15, 0.2) is 60.4 Å². The lowest BCUT2D eigenvalue weighted by molar-refractivity contribution is -0.117. The summed E-state index contributed by atoms with van der Waals surface area (Å²) < 4.78 is 3.67. The molecule has 1 aromatic carbocycles. The van der Waals surface area contributed by atoms with Crippen molar-refractivity contribution in [2.75, 3.05) is 5.75 Å². The smallest absolute Gasteiger partial charge is 0.274 e. The number of carbonyl (C=O) groups is 2. The Balaban J connectivity index is 1.69. The Hall–Kier alpha value is -2.80. The van der Waals surface area contributed by atoms with E-state index in [4.69, 9.17) is 0 Å². The quantitative estimate of drug-likeness (QED) is 0.546. The largest absolute Gasteiger partial charge is 0.347 e. The number of imidazole rings is 1. The average molecular weight is 354 g/mol. The summed E-state index contributed by atoms with van der Waals surface area (Å²) in [5.41, 5.74) is 2.30. The number of carbonyl (C=O) groups excluding carboxylic acids is 2. The van der Waals surface area contributed by atoms with Crippen LogP contribution in [-0.2, 0) is 18.4 Å². The van der Waals surface area contributed by atoms with Crippen molar-refractivity contribution in [3.8, 4) is 0 Å². The van der Waals surface area contributed by atoms with Crippen LogP contribution in [-0.4, -0.2) is 31.7 Å². The molecule has 0 aliphatic carbocycles. The standard InChI is InChI=1S/C18H18N4O2S/c1-3-10-22-14-8-5-4-7-13(14)19-18(22)25-12-16(23)20-17(24)15-9-6-11-21(15)2/h3-9,11H,1,10,12H2,2H3,(H,20,23,24). The average Bonchev–Trinajstić information content (AvgIpc) is 3.17. The van der Waals surface area contributed by atoms with E-state index in [2.05, 4.69) is 16.9 Å². The molecule has 2 heterocycles. The normalized spacial score (nSPS) is 10.8. The highest BCUT2D eigenvalue weighted by Gasteiger charge is 2.15. The number of nitrogens with one attached hydrogen (secondary N) is 1. The van der Waals surface area contributed by atoms with E-state index in [-0.39, 0.29) is 11.7 Å². The third kappa shape index (κ3) is 3.66. The van der Waals surface area contributed by atoms with E-state index < -0.39 is 5.91 Å². The molecule has 0 spiro atoms. The molecule has 25 heavy (non-hydrogen) atoms. The van der Waals surface area contributed by atoms with Crippen molar-refractivity contribution in [2.45, 2.75) is 11.7 Å². The highest BCUT2D eigenvalue weighted by molar-refractivity contribution is 7.99. The van der Waals surface area contributed by atoms with Crippen LogP contribution in [0.4, 0.5) is 0 Å². The number of para-hydroxylation sites is 2.